The largest absolute Gasteiger partial charge is 0.481 e. The molecule has 1 fully saturated rings. The van der Waals surface area contributed by atoms with Crippen LogP contribution < -0.4 is 15.4 Å². The van der Waals surface area contributed by atoms with E-state index in [0.29, 0.717) is 5.88 Å². The molecule has 0 bridgehead atoms. The van der Waals surface area contributed by atoms with Gasteiger partial charge in [-0.1, -0.05) is 0 Å². The summed E-state index contributed by atoms with van der Waals surface area (Å²) in [5.74, 6) is 1.49. The standard InChI is InChI=1S/C13H21N3O/c1-17-13-10-12(3-7-15-13)16-8-4-11(2-6-14)5-9-16/h3,7,10-11H,2,4-6,8-9,14H2,1H3. The van der Waals surface area contributed by atoms with Crippen molar-refractivity contribution in [3.05, 3.63) is 18.3 Å². The Morgan fingerprint density at radius 1 is 1.47 bits per heavy atom. The molecule has 0 unspecified atom stereocenters. The first-order chi connectivity index (χ1) is 8.33. The highest BCUT2D eigenvalue weighted by Gasteiger charge is 2.19. The molecule has 4 heteroatoms. The highest BCUT2D eigenvalue weighted by molar-refractivity contribution is 5.48. The lowest BCUT2D eigenvalue weighted by atomic mass is 9.93. The van der Waals surface area contributed by atoms with Gasteiger partial charge in [0.25, 0.3) is 0 Å². The minimum atomic E-state index is 0.687. The van der Waals surface area contributed by atoms with Gasteiger partial charge in [-0.2, -0.15) is 0 Å². The minimum Gasteiger partial charge on any atom is -0.481 e. The Morgan fingerprint density at radius 3 is 2.88 bits per heavy atom. The van der Waals surface area contributed by atoms with E-state index < -0.39 is 0 Å². The number of methoxy groups -OCH3 is 1. The molecule has 0 spiro atoms. The molecule has 17 heavy (non-hydrogen) atoms. The third-order valence-corrected chi connectivity index (χ3v) is 3.48. The molecule has 1 aromatic rings. The first kappa shape index (κ1) is 12.2. The number of hydrogen-bond acceptors (Lipinski definition) is 4. The molecular weight excluding hydrogens is 214 g/mol. The predicted molar refractivity (Wildman–Crippen MR) is 69.4 cm³/mol. The van der Waals surface area contributed by atoms with E-state index in [4.69, 9.17) is 10.5 Å². The summed E-state index contributed by atoms with van der Waals surface area (Å²) in [7, 11) is 1.65. The van der Waals surface area contributed by atoms with Gasteiger partial charge in [-0.3, -0.25) is 0 Å². The van der Waals surface area contributed by atoms with E-state index in [9.17, 15) is 0 Å². The van der Waals surface area contributed by atoms with Gasteiger partial charge in [0.15, 0.2) is 0 Å². The lowest BCUT2D eigenvalue weighted by Crippen LogP contribution is -2.34. The summed E-state index contributed by atoms with van der Waals surface area (Å²) in [5, 5.41) is 0. The van der Waals surface area contributed by atoms with Crippen LogP contribution in [0, 0.1) is 5.92 Å². The topological polar surface area (TPSA) is 51.4 Å². The monoisotopic (exact) mass is 235 g/mol. The van der Waals surface area contributed by atoms with Gasteiger partial charge >= 0.3 is 0 Å². The fraction of sp³-hybridized carbons (Fsp3) is 0.615. The van der Waals surface area contributed by atoms with Crippen LogP contribution in [-0.4, -0.2) is 31.7 Å². The summed E-state index contributed by atoms with van der Waals surface area (Å²) in [6.07, 6.45) is 5.44. The van der Waals surface area contributed by atoms with E-state index in [-0.39, 0.29) is 0 Å². The Hall–Kier alpha value is -1.29. The molecule has 0 atom stereocenters. The smallest absolute Gasteiger partial charge is 0.214 e. The fourth-order valence-electron chi connectivity index (χ4n) is 2.42. The van der Waals surface area contributed by atoms with E-state index in [0.717, 1.165) is 32.0 Å². The maximum Gasteiger partial charge on any atom is 0.214 e. The first-order valence-corrected chi connectivity index (χ1v) is 6.28. The molecule has 0 amide bonds. The SMILES string of the molecule is COc1cc(N2CCC(CCN)CC2)ccn1. The second kappa shape index (κ2) is 5.87. The molecule has 4 nitrogen and oxygen atoms in total. The van der Waals surface area contributed by atoms with Gasteiger partial charge < -0.3 is 15.4 Å². The van der Waals surface area contributed by atoms with Crippen LogP contribution in [0.4, 0.5) is 5.69 Å². The Labute approximate surface area is 103 Å². The van der Waals surface area contributed by atoms with E-state index in [1.807, 2.05) is 12.1 Å². The number of nitrogens with two attached hydrogens (primary N) is 1. The summed E-state index contributed by atoms with van der Waals surface area (Å²) in [6, 6.07) is 4.05. The van der Waals surface area contributed by atoms with Gasteiger partial charge in [0.2, 0.25) is 5.88 Å². The summed E-state index contributed by atoms with van der Waals surface area (Å²) in [6.45, 7) is 3.03. The number of rotatable bonds is 4. The summed E-state index contributed by atoms with van der Waals surface area (Å²) in [4.78, 5) is 6.53. The maximum atomic E-state index is 5.60. The number of ether oxygens (including phenoxy) is 1. The van der Waals surface area contributed by atoms with Gasteiger partial charge in [-0.15, -0.1) is 0 Å². The van der Waals surface area contributed by atoms with Crippen molar-refractivity contribution in [2.24, 2.45) is 11.7 Å². The summed E-state index contributed by atoms with van der Waals surface area (Å²) >= 11 is 0. The Morgan fingerprint density at radius 2 is 2.24 bits per heavy atom. The van der Waals surface area contributed by atoms with E-state index in [2.05, 4.69) is 9.88 Å². The number of anilines is 1. The van der Waals surface area contributed by atoms with Crippen LogP contribution in [0.3, 0.4) is 0 Å². The van der Waals surface area contributed by atoms with Crippen molar-refractivity contribution in [2.45, 2.75) is 19.3 Å². The molecular formula is C13H21N3O. The molecule has 0 aliphatic carbocycles. The quantitative estimate of drug-likeness (QED) is 0.862. The van der Waals surface area contributed by atoms with Gasteiger partial charge in [0, 0.05) is 31.0 Å². The molecule has 0 radical (unpaired) electrons. The minimum absolute atomic E-state index is 0.687. The fourth-order valence-corrected chi connectivity index (χ4v) is 2.42. The van der Waals surface area contributed by atoms with Gasteiger partial charge in [-0.25, -0.2) is 4.98 Å². The summed E-state index contributed by atoms with van der Waals surface area (Å²) < 4.78 is 5.15. The van der Waals surface area contributed by atoms with Gasteiger partial charge in [-0.05, 0) is 37.8 Å². The van der Waals surface area contributed by atoms with Crippen LogP contribution in [0.1, 0.15) is 19.3 Å². The van der Waals surface area contributed by atoms with Crippen LogP contribution in [0.2, 0.25) is 0 Å². The van der Waals surface area contributed by atoms with Crippen molar-refractivity contribution in [3.63, 3.8) is 0 Å². The Balaban J connectivity index is 1.95. The van der Waals surface area contributed by atoms with E-state index >= 15 is 0 Å². The number of hydrogen-bond donors (Lipinski definition) is 1. The van der Waals surface area contributed by atoms with Crippen molar-refractivity contribution in [1.29, 1.82) is 0 Å². The Kier molecular flexibility index (Phi) is 4.20. The molecule has 2 rings (SSSR count). The highest BCUT2D eigenvalue weighted by atomic mass is 16.5. The van der Waals surface area contributed by atoms with Gasteiger partial charge in [0.1, 0.15) is 0 Å². The normalized spacial score (nSPS) is 17.2. The van der Waals surface area contributed by atoms with Crippen LogP contribution in [0.5, 0.6) is 5.88 Å². The molecule has 1 aliphatic heterocycles. The molecule has 0 aromatic carbocycles. The first-order valence-electron chi connectivity index (χ1n) is 6.28. The predicted octanol–water partition coefficient (Wildman–Crippen LogP) is 1.66. The molecule has 1 aliphatic rings. The van der Waals surface area contributed by atoms with Crippen LogP contribution in [0.15, 0.2) is 18.3 Å². The molecule has 1 aromatic heterocycles. The second-order valence-electron chi connectivity index (χ2n) is 4.56. The zero-order valence-corrected chi connectivity index (χ0v) is 10.4. The third kappa shape index (κ3) is 3.09. The molecule has 1 saturated heterocycles. The molecule has 2 N–H and O–H groups in total. The average Bonchev–Trinajstić information content (AvgIpc) is 2.40. The highest BCUT2D eigenvalue weighted by Crippen LogP contribution is 2.26. The van der Waals surface area contributed by atoms with Crippen LogP contribution >= 0.6 is 0 Å². The van der Waals surface area contributed by atoms with Crippen molar-refractivity contribution >= 4 is 5.69 Å². The van der Waals surface area contributed by atoms with E-state index in [1.165, 1.54) is 18.5 Å². The summed E-state index contributed by atoms with van der Waals surface area (Å²) in [5.41, 5.74) is 6.82. The van der Waals surface area contributed by atoms with Crippen LogP contribution in [-0.2, 0) is 0 Å². The van der Waals surface area contributed by atoms with Crippen molar-refractivity contribution in [3.8, 4) is 5.88 Å². The van der Waals surface area contributed by atoms with Crippen molar-refractivity contribution in [1.82, 2.24) is 4.98 Å². The number of aromatic nitrogens is 1. The van der Waals surface area contributed by atoms with Gasteiger partial charge in [0.05, 0.1) is 7.11 Å². The van der Waals surface area contributed by atoms with Crippen LogP contribution in [0.25, 0.3) is 0 Å². The van der Waals surface area contributed by atoms with E-state index in [1.54, 1.807) is 13.3 Å². The number of nitrogens with zero attached hydrogens (tertiary/aromatic N) is 2. The lowest BCUT2D eigenvalue weighted by Gasteiger charge is -2.33. The van der Waals surface area contributed by atoms with Crippen molar-refractivity contribution in [2.75, 3.05) is 31.6 Å². The third-order valence-electron chi connectivity index (χ3n) is 3.48. The molecule has 0 saturated carbocycles. The van der Waals surface area contributed by atoms with Crippen molar-refractivity contribution < 1.29 is 4.74 Å². The number of pyridine rings is 1. The zero-order chi connectivity index (χ0) is 12.1. The second-order valence-corrected chi connectivity index (χ2v) is 4.56. The lowest BCUT2D eigenvalue weighted by molar-refractivity contribution is 0.383. The Bertz CT molecular complexity index is 348. The maximum absolute atomic E-state index is 5.60. The average molecular weight is 235 g/mol. The number of piperidine rings is 1. The molecule has 94 valence electrons. The zero-order valence-electron chi connectivity index (χ0n) is 10.4. The molecule has 2 heterocycles.